The molecule has 0 aliphatic carbocycles. The molecule has 0 bridgehead atoms. The lowest BCUT2D eigenvalue weighted by Gasteiger charge is -2.21. The van der Waals surface area contributed by atoms with Crippen molar-refractivity contribution in [1.29, 1.82) is 0 Å². The number of hydrogen-bond donors (Lipinski definition) is 1. The maximum Gasteiger partial charge on any atom is 0.341 e. The minimum absolute atomic E-state index is 0.0819. The predicted octanol–water partition coefficient (Wildman–Crippen LogP) is 2.91. The van der Waals surface area contributed by atoms with Crippen LogP contribution in [0.3, 0.4) is 0 Å². The Morgan fingerprint density at radius 2 is 2.19 bits per heavy atom. The molecule has 0 radical (unpaired) electrons. The molecule has 0 saturated carbocycles. The van der Waals surface area contributed by atoms with E-state index in [-0.39, 0.29) is 17.8 Å². The van der Waals surface area contributed by atoms with E-state index in [1.807, 2.05) is 13.8 Å². The molecule has 1 aromatic heterocycles. The van der Waals surface area contributed by atoms with E-state index in [0.29, 0.717) is 23.8 Å². The lowest BCUT2D eigenvalue weighted by molar-refractivity contribution is -0.123. The fourth-order valence-corrected chi connectivity index (χ4v) is 3.38. The summed E-state index contributed by atoms with van der Waals surface area (Å²) in [6.45, 7) is 7.06. The SMILES string of the molecule is CCOC(=O)c1c(NC(=O)C2CCCOC2)sc(C)c1C. The van der Waals surface area contributed by atoms with Gasteiger partial charge in [0.1, 0.15) is 5.00 Å². The van der Waals surface area contributed by atoms with E-state index >= 15 is 0 Å². The second-order valence-corrected chi connectivity index (χ2v) is 6.34. The zero-order chi connectivity index (χ0) is 15.4. The van der Waals surface area contributed by atoms with Crippen LogP contribution in [0.4, 0.5) is 5.00 Å². The molecular formula is C15H21NO4S. The molecule has 1 saturated heterocycles. The first-order valence-electron chi connectivity index (χ1n) is 7.20. The number of carbonyl (C=O) groups is 2. The van der Waals surface area contributed by atoms with E-state index in [4.69, 9.17) is 9.47 Å². The molecule has 2 heterocycles. The van der Waals surface area contributed by atoms with E-state index < -0.39 is 0 Å². The van der Waals surface area contributed by atoms with Gasteiger partial charge in [0.25, 0.3) is 0 Å². The second-order valence-electron chi connectivity index (χ2n) is 5.11. The Morgan fingerprint density at radius 3 is 2.81 bits per heavy atom. The molecule has 21 heavy (non-hydrogen) atoms. The molecule has 1 unspecified atom stereocenters. The normalized spacial score (nSPS) is 18.3. The highest BCUT2D eigenvalue weighted by Crippen LogP contribution is 2.33. The van der Waals surface area contributed by atoms with Gasteiger partial charge < -0.3 is 14.8 Å². The van der Waals surface area contributed by atoms with Crippen molar-refractivity contribution in [1.82, 2.24) is 0 Å². The Labute approximate surface area is 128 Å². The minimum atomic E-state index is -0.380. The Balaban J connectivity index is 2.17. The van der Waals surface area contributed by atoms with Crippen molar-refractivity contribution in [3.8, 4) is 0 Å². The third kappa shape index (κ3) is 3.63. The van der Waals surface area contributed by atoms with E-state index in [1.54, 1.807) is 6.92 Å². The number of esters is 1. The summed E-state index contributed by atoms with van der Waals surface area (Å²) in [6, 6.07) is 0. The van der Waals surface area contributed by atoms with Crippen molar-refractivity contribution >= 4 is 28.2 Å². The first-order valence-corrected chi connectivity index (χ1v) is 8.02. The van der Waals surface area contributed by atoms with Gasteiger partial charge in [0.2, 0.25) is 5.91 Å². The van der Waals surface area contributed by atoms with E-state index in [2.05, 4.69) is 5.32 Å². The van der Waals surface area contributed by atoms with Crippen LogP contribution in [0, 0.1) is 19.8 Å². The summed E-state index contributed by atoms with van der Waals surface area (Å²) in [5.74, 6) is -0.604. The standard InChI is InChI=1S/C15H21NO4S/c1-4-20-15(18)12-9(2)10(3)21-14(12)16-13(17)11-6-5-7-19-8-11/h11H,4-8H2,1-3H3,(H,16,17). The molecular weight excluding hydrogens is 290 g/mol. The first-order chi connectivity index (χ1) is 10.0. The van der Waals surface area contributed by atoms with Gasteiger partial charge in [-0.1, -0.05) is 0 Å². The van der Waals surface area contributed by atoms with Crippen molar-refractivity contribution < 1.29 is 19.1 Å². The molecule has 5 nitrogen and oxygen atoms in total. The molecule has 0 spiro atoms. The summed E-state index contributed by atoms with van der Waals surface area (Å²) < 4.78 is 10.4. The lowest BCUT2D eigenvalue weighted by atomic mass is 10.0. The van der Waals surface area contributed by atoms with Crippen LogP contribution in [0.1, 0.15) is 40.6 Å². The quantitative estimate of drug-likeness (QED) is 0.868. The van der Waals surface area contributed by atoms with Crippen LogP contribution >= 0.6 is 11.3 Å². The molecule has 1 aliphatic heterocycles. The molecule has 1 amide bonds. The van der Waals surface area contributed by atoms with Crippen LogP contribution in [-0.4, -0.2) is 31.7 Å². The zero-order valence-corrected chi connectivity index (χ0v) is 13.5. The van der Waals surface area contributed by atoms with Gasteiger partial charge in [-0.2, -0.15) is 0 Å². The maximum absolute atomic E-state index is 12.3. The molecule has 6 heteroatoms. The van der Waals surface area contributed by atoms with E-state index in [0.717, 1.165) is 29.9 Å². The van der Waals surface area contributed by atoms with Crippen molar-refractivity contribution in [2.45, 2.75) is 33.6 Å². The summed E-state index contributed by atoms with van der Waals surface area (Å²) in [4.78, 5) is 25.4. The summed E-state index contributed by atoms with van der Waals surface area (Å²) in [7, 11) is 0. The molecule has 1 aromatic rings. The fraction of sp³-hybridized carbons (Fsp3) is 0.600. The third-order valence-corrected chi connectivity index (χ3v) is 4.76. The summed E-state index contributed by atoms with van der Waals surface area (Å²) in [5.41, 5.74) is 1.35. The molecule has 116 valence electrons. The van der Waals surface area contributed by atoms with Gasteiger partial charge in [-0.15, -0.1) is 11.3 Å². The third-order valence-electron chi connectivity index (χ3n) is 3.63. The van der Waals surface area contributed by atoms with Crippen LogP contribution in [-0.2, 0) is 14.3 Å². The Morgan fingerprint density at radius 1 is 1.43 bits per heavy atom. The largest absolute Gasteiger partial charge is 0.462 e. The van der Waals surface area contributed by atoms with Crippen LogP contribution in [0.15, 0.2) is 0 Å². The highest BCUT2D eigenvalue weighted by molar-refractivity contribution is 7.16. The first kappa shape index (κ1) is 16.0. The fourth-order valence-electron chi connectivity index (χ4n) is 2.33. The average molecular weight is 311 g/mol. The topological polar surface area (TPSA) is 64.6 Å². The molecule has 1 aliphatic rings. The summed E-state index contributed by atoms with van der Waals surface area (Å²) >= 11 is 1.41. The number of amides is 1. The van der Waals surface area contributed by atoms with Crippen molar-refractivity contribution in [2.24, 2.45) is 5.92 Å². The molecule has 1 N–H and O–H groups in total. The smallest absolute Gasteiger partial charge is 0.341 e. The number of nitrogens with one attached hydrogen (secondary N) is 1. The number of aryl methyl sites for hydroxylation is 1. The van der Waals surface area contributed by atoms with Gasteiger partial charge >= 0.3 is 5.97 Å². The number of hydrogen-bond acceptors (Lipinski definition) is 5. The highest BCUT2D eigenvalue weighted by atomic mass is 32.1. The van der Waals surface area contributed by atoms with Crippen molar-refractivity contribution in [2.75, 3.05) is 25.1 Å². The average Bonchev–Trinajstić information content (AvgIpc) is 2.75. The van der Waals surface area contributed by atoms with E-state index in [9.17, 15) is 9.59 Å². The highest BCUT2D eigenvalue weighted by Gasteiger charge is 2.26. The molecule has 1 atom stereocenters. The number of carbonyl (C=O) groups excluding carboxylic acids is 2. The van der Waals surface area contributed by atoms with Gasteiger partial charge in [-0.25, -0.2) is 4.79 Å². The number of anilines is 1. The Bertz CT molecular complexity index is 532. The number of ether oxygens (including phenoxy) is 2. The molecule has 0 aromatic carbocycles. The van der Waals surface area contributed by atoms with E-state index in [1.165, 1.54) is 11.3 Å². The summed E-state index contributed by atoms with van der Waals surface area (Å²) in [6.07, 6.45) is 1.72. The van der Waals surface area contributed by atoms with Gasteiger partial charge in [-0.05, 0) is 39.2 Å². The number of thiophene rings is 1. The van der Waals surface area contributed by atoms with Gasteiger partial charge in [0, 0.05) is 11.5 Å². The molecule has 2 rings (SSSR count). The molecule has 1 fully saturated rings. The zero-order valence-electron chi connectivity index (χ0n) is 12.7. The minimum Gasteiger partial charge on any atom is -0.462 e. The van der Waals surface area contributed by atoms with Crippen molar-refractivity contribution in [3.05, 3.63) is 16.0 Å². The number of rotatable bonds is 4. The van der Waals surface area contributed by atoms with Crippen LogP contribution in [0.5, 0.6) is 0 Å². The predicted molar refractivity (Wildman–Crippen MR) is 81.9 cm³/mol. The summed E-state index contributed by atoms with van der Waals surface area (Å²) in [5, 5.41) is 3.46. The van der Waals surface area contributed by atoms with Crippen LogP contribution < -0.4 is 5.32 Å². The van der Waals surface area contributed by atoms with Crippen LogP contribution in [0.25, 0.3) is 0 Å². The van der Waals surface area contributed by atoms with Gasteiger partial charge in [0.05, 0.1) is 24.7 Å². The Hall–Kier alpha value is -1.40. The lowest BCUT2D eigenvalue weighted by Crippen LogP contribution is -2.30. The monoisotopic (exact) mass is 311 g/mol. The second kappa shape index (κ2) is 7.04. The van der Waals surface area contributed by atoms with Gasteiger partial charge in [-0.3, -0.25) is 4.79 Å². The Kier molecular flexibility index (Phi) is 5.36. The van der Waals surface area contributed by atoms with Crippen molar-refractivity contribution in [3.63, 3.8) is 0 Å². The van der Waals surface area contributed by atoms with Crippen LogP contribution in [0.2, 0.25) is 0 Å². The van der Waals surface area contributed by atoms with Gasteiger partial charge in [0.15, 0.2) is 0 Å². The maximum atomic E-state index is 12.3.